The van der Waals surface area contributed by atoms with Gasteiger partial charge in [-0.25, -0.2) is 0 Å². The number of benzene rings is 1. The number of allylic oxidation sites excluding steroid dienone is 1. The summed E-state index contributed by atoms with van der Waals surface area (Å²) in [6.07, 6.45) is 1.18. The third-order valence-corrected chi connectivity index (χ3v) is 1.65. The minimum Gasteiger partial charge on any atom is -0.423 e. The van der Waals surface area contributed by atoms with Gasteiger partial charge in [0.2, 0.25) is 0 Å². The summed E-state index contributed by atoms with van der Waals surface area (Å²) in [6.45, 7) is 3.34. The van der Waals surface area contributed by atoms with E-state index in [-0.39, 0.29) is 5.78 Å². The standard InChI is InChI=1S/C9H9BO3/c1-2-9(11)7-4-3-5-8(6-7)10(12)13/h2-6,12-13H,1H2. The Hall–Kier alpha value is -1.39. The number of rotatable bonds is 3. The summed E-state index contributed by atoms with van der Waals surface area (Å²) in [4.78, 5) is 11.1. The van der Waals surface area contributed by atoms with E-state index >= 15 is 0 Å². The number of hydrogen-bond acceptors (Lipinski definition) is 3. The molecule has 1 aromatic carbocycles. The van der Waals surface area contributed by atoms with E-state index in [1.165, 1.54) is 18.2 Å². The zero-order valence-electron chi connectivity index (χ0n) is 6.97. The van der Waals surface area contributed by atoms with E-state index in [1.54, 1.807) is 12.1 Å². The van der Waals surface area contributed by atoms with Crippen molar-refractivity contribution in [1.29, 1.82) is 0 Å². The Kier molecular flexibility index (Phi) is 3.00. The van der Waals surface area contributed by atoms with Gasteiger partial charge in [0.05, 0.1) is 0 Å². The van der Waals surface area contributed by atoms with Gasteiger partial charge in [-0.3, -0.25) is 4.79 Å². The molecule has 4 heteroatoms. The van der Waals surface area contributed by atoms with E-state index < -0.39 is 7.12 Å². The number of ketones is 1. The lowest BCUT2D eigenvalue weighted by Crippen LogP contribution is -2.30. The summed E-state index contributed by atoms with van der Waals surface area (Å²) in [7, 11) is -1.54. The Morgan fingerprint density at radius 2 is 2.15 bits per heavy atom. The van der Waals surface area contributed by atoms with E-state index in [9.17, 15) is 4.79 Å². The van der Waals surface area contributed by atoms with E-state index in [4.69, 9.17) is 10.0 Å². The summed E-state index contributed by atoms with van der Waals surface area (Å²) >= 11 is 0. The molecule has 0 aliphatic rings. The molecule has 0 bridgehead atoms. The molecule has 66 valence electrons. The van der Waals surface area contributed by atoms with Gasteiger partial charge in [-0.05, 0) is 11.5 Å². The maximum atomic E-state index is 11.1. The number of carbonyl (C=O) groups is 1. The number of hydrogen-bond donors (Lipinski definition) is 2. The summed E-state index contributed by atoms with van der Waals surface area (Å²) in [5, 5.41) is 17.6. The first kappa shape index (κ1) is 9.70. The largest absolute Gasteiger partial charge is 0.488 e. The van der Waals surface area contributed by atoms with Gasteiger partial charge < -0.3 is 10.0 Å². The molecule has 1 rings (SSSR count). The molecular weight excluding hydrogens is 167 g/mol. The maximum absolute atomic E-state index is 11.1. The van der Waals surface area contributed by atoms with Crippen LogP contribution in [0.3, 0.4) is 0 Å². The molecule has 2 N–H and O–H groups in total. The van der Waals surface area contributed by atoms with Crippen LogP contribution >= 0.6 is 0 Å². The minimum absolute atomic E-state index is 0.234. The van der Waals surface area contributed by atoms with Crippen molar-refractivity contribution in [2.45, 2.75) is 0 Å². The zero-order chi connectivity index (χ0) is 9.84. The topological polar surface area (TPSA) is 57.5 Å². The molecule has 0 unspecified atom stereocenters. The van der Waals surface area contributed by atoms with Crippen molar-refractivity contribution >= 4 is 18.4 Å². The van der Waals surface area contributed by atoms with Crippen LogP contribution in [0.4, 0.5) is 0 Å². The van der Waals surface area contributed by atoms with Crippen LogP contribution < -0.4 is 5.46 Å². The van der Waals surface area contributed by atoms with Crippen LogP contribution in [-0.4, -0.2) is 22.9 Å². The fourth-order valence-electron chi connectivity index (χ4n) is 0.970. The van der Waals surface area contributed by atoms with E-state index in [0.29, 0.717) is 11.0 Å². The highest BCUT2D eigenvalue weighted by Gasteiger charge is 2.11. The third-order valence-electron chi connectivity index (χ3n) is 1.65. The molecule has 0 radical (unpaired) electrons. The predicted molar refractivity (Wildman–Crippen MR) is 50.8 cm³/mol. The highest BCUT2D eigenvalue weighted by molar-refractivity contribution is 6.58. The molecule has 0 aliphatic heterocycles. The molecule has 0 spiro atoms. The second kappa shape index (κ2) is 4.02. The first-order valence-electron chi connectivity index (χ1n) is 3.78. The third kappa shape index (κ3) is 2.27. The van der Waals surface area contributed by atoms with Crippen molar-refractivity contribution in [2.24, 2.45) is 0 Å². The van der Waals surface area contributed by atoms with Crippen LogP contribution in [0.2, 0.25) is 0 Å². The average Bonchev–Trinajstić information content (AvgIpc) is 2.17. The Morgan fingerprint density at radius 1 is 1.46 bits per heavy atom. The molecule has 13 heavy (non-hydrogen) atoms. The van der Waals surface area contributed by atoms with Crippen molar-refractivity contribution in [1.82, 2.24) is 0 Å². The monoisotopic (exact) mass is 176 g/mol. The van der Waals surface area contributed by atoms with E-state index in [0.717, 1.165) is 0 Å². The van der Waals surface area contributed by atoms with Crippen molar-refractivity contribution < 1.29 is 14.8 Å². The smallest absolute Gasteiger partial charge is 0.423 e. The van der Waals surface area contributed by atoms with Crippen LogP contribution in [0, 0.1) is 0 Å². The zero-order valence-corrected chi connectivity index (χ0v) is 6.97. The van der Waals surface area contributed by atoms with Gasteiger partial charge >= 0.3 is 7.12 Å². The molecule has 1 aromatic rings. The SMILES string of the molecule is C=CC(=O)c1cccc(B(O)O)c1. The molecular formula is C9H9BO3. The molecule has 3 nitrogen and oxygen atoms in total. The summed E-state index contributed by atoms with van der Waals surface area (Å²) in [5.41, 5.74) is 0.702. The molecule has 0 fully saturated rings. The number of carbonyl (C=O) groups excluding carboxylic acids is 1. The lowest BCUT2D eigenvalue weighted by Gasteiger charge is -2.00. The van der Waals surface area contributed by atoms with Gasteiger partial charge in [0.1, 0.15) is 0 Å². The average molecular weight is 176 g/mol. The van der Waals surface area contributed by atoms with Crippen molar-refractivity contribution in [2.75, 3.05) is 0 Å². The van der Waals surface area contributed by atoms with Gasteiger partial charge in [-0.2, -0.15) is 0 Å². The molecule has 0 saturated heterocycles. The fourth-order valence-corrected chi connectivity index (χ4v) is 0.970. The summed E-state index contributed by atoms with van der Waals surface area (Å²) in [5.74, 6) is -0.234. The van der Waals surface area contributed by atoms with Gasteiger partial charge in [0.25, 0.3) is 0 Å². The lowest BCUT2D eigenvalue weighted by molar-refractivity contribution is 0.104. The van der Waals surface area contributed by atoms with Crippen LogP contribution in [0.25, 0.3) is 0 Å². The van der Waals surface area contributed by atoms with Crippen molar-refractivity contribution in [3.05, 3.63) is 42.5 Å². The first-order chi connectivity index (χ1) is 6.15. The highest BCUT2D eigenvalue weighted by Crippen LogP contribution is 1.99. The van der Waals surface area contributed by atoms with Crippen molar-refractivity contribution in [3.63, 3.8) is 0 Å². The summed E-state index contributed by atoms with van der Waals surface area (Å²) in [6, 6.07) is 6.14. The van der Waals surface area contributed by atoms with Crippen molar-refractivity contribution in [3.8, 4) is 0 Å². The Balaban J connectivity index is 3.05. The molecule has 0 saturated carbocycles. The van der Waals surface area contributed by atoms with Gasteiger partial charge in [-0.1, -0.05) is 30.8 Å². The van der Waals surface area contributed by atoms with Crippen LogP contribution in [0.5, 0.6) is 0 Å². The molecule has 0 amide bonds. The van der Waals surface area contributed by atoms with Crippen LogP contribution in [0.15, 0.2) is 36.9 Å². The predicted octanol–water partition coefficient (Wildman–Crippen LogP) is -0.265. The second-order valence-electron chi connectivity index (χ2n) is 2.57. The molecule has 0 aliphatic carbocycles. The van der Waals surface area contributed by atoms with Gasteiger partial charge in [0.15, 0.2) is 5.78 Å². The maximum Gasteiger partial charge on any atom is 0.488 e. The van der Waals surface area contributed by atoms with E-state index in [2.05, 4.69) is 6.58 Å². The molecule has 0 heterocycles. The van der Waals surface area contributed by atoms with Crippen LogP contribution in [-0.2, 0) is 0 Å². The van der Waals surface area contributed by atoms with E-state index in [1.807, 2.05) is 0 Å². The first-order valence-corrected chi connectivity index (χ1v) is 3.78. The summed E-state index contributed by atoms with van der Waals surface area (Å²) < 4.78 is 0. The molecule has 0 atom stereocenters. The quantitative estimate of drug-likeness (QED) is 0.378. The highest BCUT2D eigenvalue weighted by atomic mass is 16.4. The van der Waals surface area contributed by atoms with Crippen LogP contribution in [0.1, 0.15) is 10.4 Å². The Labute approximate surface area is 76.5 Å². The molecule has 0 aromatic heterocycles. The lowest BCUT2D eigenvalue weighted by atomic mass is 9.79. The fraction of sp³-hybridized carbons (Fsp3) is 0. The Bertz CT molecular complexity index is 333. The normalized spacial score (nSPS) is 9.38. The van der Waals surface area contributed by atoms with Gasteiger partial charge in [-0.15, -0.1) is 0 Å². The Morgan fingerprint density at radius 3 is 2.69 bits per heavy atom. The minimum atomic E-state index is -1.54. The van der Waals surface area contributed by atoms with Gasteiger partial charge in [0, 0.05) is 5.56 Å². The second-order valence-corrected chi connectivity index (χ2v) is 2.57.